The average molecular weight is 258 g/mol. The number of phosphoric acid groups is 1. The first kappa shape index (κ1) is 15.6. The molecule has 0 aliphatic rings. The zero-order chi connectivity index (χ0) is 12.9. The molecule has 0 aliphatic heterocycles. The van der Waals surface area contributed by atoms with Crippen molar-refractivity contribution in [2.24, 2.45) is 0 Å². The van der Waals surface area contributed by atoms with E-state index in [1.807, 2.05) is 0 Å². The Balaban J connectivity index is 4.23. The Morgan fingerprint density at radius 1 is 1.31 bits per heavy atom. The summed E-state index contributed by atoms with van der Waals surface area (Å²) in [6.45, 7) is -2.16. The largest absolute Gasteiger partial charge is 0.790 e. The molecule has 0 aromatic carbocycles. The van der Waals surface area contributed by atoms with Gasteiger partial charge in [0.15, 0.2) is 5.78 Å². The Bertz CT molecular complexity index is 273. The molecule has 4 N–H and O–H groups in total. The lowest BCUT2D eigenvalue weighted by Crippen LogP contribution is -2.45. The van der Waals surface area contributed by atoms with Gasteiger partial charge < -0.3 is 39.3 Å². The van der Waals surface area contributed by atoms with Crippen molar-refractivity contribution in [1.29, 1.82) is 0 Å². The van der Waals surface area contributed by atoms with Gasteiger partial charge >= 0.3 is 0 Å². The third-order valence-electron chi connectivity index (χ3n) is 1.60. The molecule has 0 heterocycles. The summed E-state index contributed by atoms with van der Waals surface area (Å²) in [5, 5.41) is 35.3. The molecule has 0 radical (unpaired) electrons. The van der Waals surface area contributed by atoms with Gasteiger partial charge in [-0.05, 0) is 0 Å². The molecule has 0 fully saturated rings. The van der Waals surface area contributed by atoms with Crippen LogP contribution in [0, 0.1) is 0 Å². The molecular weight excluding hydrogens is 247 g/mol. The van der Waals surface area contributed by atoms with Gasteiger partial charge in [-0.3, -0.25) is 4.79 Å². The SMILES string of the molecule is O=C(COP(=O)([O-])[O-])[C@H](O)[C@@H](O)[C@H](O)CO. The van der Waals surface area contributed by atoms with E-state index in [0.717, 1.165) is 0 Å². The lowest BCUT2D eigenvalue weighted by molar-refractivity contribution is -0.341. The Kier molecular flexibility index (Phi) is 6.23. The summed E-state index contributed by atoms with van der Waals surface area (Å²) >= 11 is 0. The minimum atomic E-state index is -5.35. The number of phosphoric ester groups is 1. The Labute approximate surface area is 90.2 Å². The van der Waals surface area contributed by atoms with Gasteiger partial charge in [-0.2, -0.15) is 0 Å². The summed E-state index contributed by atoms with van der Waals surface area (Å²) in [4.78, 5) is 30.9. The third-order valence-corrected chi connectivity index (χ3v) is 2.04. The average Bonchev–Trinajstić information content (AvgIpc) is 2.21. The quantitative estimate of drug-likeness (QED) is 0.328. The number of hydrogen-bond acceptors (Lipinski definition) is 9. The van der Waals surface area contributed by atoms with E-state index < -0.39 is 45.1 Å². The highest BCUT2D eigenvalue weighted by atomic mass is 31.2. The number of Topliss-reactive ketones (excluding diaryl/α,β-unsaturated/α-hetero) is 1. The van der Waals surface area contributed by atoms with Crippen LogP contribution in [0.5, 0.6) is 0 Å². The van der Waals surface area contributed by atoms with Crippen LogP contribution in [0.15, 0.2) is 0 Å². The molecule has 0 amide bonds. The molecule has 0 saturated heterocycles. The maximum Gasteiger partial charge on any atom is 0.189 e. The molecule has 3 atom stereocenters. The molecule has 16 heavy (non-hydrogen) atoms. The van der Waals surface area contributed by atoms with Gasteiger partial charge in [-0.1, -0.05) is 0 Å². The van der Waals surface area contributed by atoms with Crippen LogP contribution in [0.1, 0.15) is 0 Å². The fraction of sp³-hybridized carbons (Fsp3) is 0.833. The van der Waals surface area contributed by atoms with Crippen LogP contribution < -0.4 is 9.79 Å². The van der Waals surface area contributed by atoms with Crippen molar-refractivity contribution in [1.82, 2.24) is 0 Å². The highest BCUT2D eigenvalue weighted by Crippen LogP contribution is 2.24. The summed E-state index contributed by atoms with van der Waals surface area (Å²) in [5.74, 6) is -1.31. The number of aliphatic hydroxyl groups is 4. The van der Waals surface area contributed by atoms with Gasteiger partial charge in [0.25, 0.3) is 0 Å². The summed E-state index contributed by atoms with van der Waals surface area (Å²) in [5.41, 5.74) is 0. The topological polar surface area (TPSA) is 170 Å². The van der Waals surface area contributed by atoms with Crippen molar-refractivity contribution in [2.45, 2.75) is 18.3 Å². The molecule has 0 aromatic rings. The van der Waals surface area contributed by atoms with E-state index in [-0.39, 0.29) is 0 Å². The van der Waals surface area contributed by atoms with Gasteiger partial charge in [0, 0.05) is 0 Å². The molecule has 0 aromatic heterocycles. The summed E-state index contributed by atoms with van der Waals surface area (Å²) in [7, 11) is -5.35. The zero-order valence-corrected chi connectivity index (χ0v) is 8.82. The summed E-state index contributed by atoms with van der Waals surface area (Å²) in [6, 6.07) is 0. The van der Waals surface area contributed by atoms with Crippen LogP contribution >= 0.6 is 7.82 Å². The molecule has 0 saturated carbocycles. The second-order valence-electron chi connectivity index (χ2n) is 2.87. The number of rotatable bonds is 7. The lowest BCUT2D eigenvalue weighted by Gasteiger charge is -2.29. The number of carbonyl (C=O) groups is 1. The fourth-order valence-corrected chi connectivity index (χ4v) is 1.02. The van der Waals surface area contributed by atoms with Gasteiger partial charge in [-0.25, -0.2) is 0 Å². The normalized spacial score (nSPS) is 17.9. The fourth-order valence-electron chi connectivity index (χ4n) is 0.737. The monoisotopic (exact) mass is 258 g/mol. The molecule has 0 unspecified atom stereocenters. The second-order valence-corrected chi connectivity index (χ2v) is 4.02. The zero-order valence-electron chi connectivity index (χ0n) is 7.92. The molecule has 0 rings (SSSR count). The first-order valence-electron chi connectivity index (χ1n) is 4.03. The van der Waals surface area contributed by atoms with E-state index in [4.69, 9.17) is 20.4 Å². The number of hydrogen-bond donors (Lipinski definition) is 4. The molecular formula is C6H11O9P-2. The minimum absolute atomic E-state index is 0.909. The van der Waals surface area contributed by atoms with Crippen molar-refractivity contribution in [3.8, 4) is 0 Å². The third kappa shape index (κ3) is 5.64. The van der Waals surface area contributed by atoms with Crippen LogP contribution in [0.25, 0.3) is 0 Å². The highest BCUT2D eigenvalue weighted by Gasteiger charge is 2.29. The van der Waals surface area contributed by atoms with Crippen molar-refractivity contribution < 1.29 is 44.1 Å². The first-order valence-corrected chi connectivity index (χ1v) is 5.49. The van der Waals surface area contributed by atoms with Gasteiger partial charge in [0.2, 0.25) is 0 Å². The van der Waals surface area contributed by atoms with Gasteiger partial charge in [-0.15, -0.1) is 0 Å². The maximum atomic E-state index is 10.9. The molecule has 9 nitrogen and oxygen atoms in total. The number of aliphatic hydroxyl groups excluding tert-OH is 4. The predicted molar refractivity (Wildman–Crippen MR) is 43.7 cm³/mol. The number of carbonyl (C=O) groups excluding carboxylic acids is 1. The van der Waals surface area contributed by atoms with E-state index in [1.165, 1.54) is 0 Å². The highest BCUT2D eigenvalue weighted by molar-refractivity contribution is 7.43. The minimum Gasteiger partial charge on any atom is -0.790 e. The van der Waals surface area contributed by atoms with Gasteiger partial charge in [0.05, 0.1) is 14.4 Å². The van der Waals surface area contributed by atoms with Crippen LogP contribution in [0.4, 0.5) is 0 Å². The first-order chi connectivity index (χ1) is 7.19. The summed E-state index contributed by atoms with van der Waals surface area (Å²) in [6.07, 6.45) is -5.93. The van der Waals surface area contributed by atoms with Gasteiger partial charge in [0.1, 0.15) is 24.9 Å². The Hall–Kier alpha value is -0.380. The van der Waals surface area contributed by atoms with E-state index in [2.05, 4.69) is 4.52 Å². The molecule has 0 bridgehead atoms. The van der Waals surface area contributed by atoms with Crippen molar-refractivity contribution >= 4 is 13.6 Å². The smallest absolute Gasteiger partial charge is 0.189 e. The van der Waals surface area contributed by atoms with Crippen LogP contribution in [0.2, 0.25) is 0 Å². The van der Waals surface area contributed by atoms with E-state index in [1.54, 1.807) is 0 Å². The standard InChI is InChI=1S/C6H13O9P/c7-1-3(8)5(10)6(11)4(9)2-15-16(12,13)14/h3,5-8,10-11H,1-2H2,(H2,12,13,14)/p-2/t3-,5+,6+/m1/s1. The van der Waals surface area contributed by atoms with Crippen molar-refractivity contribution in [3.63, 3.8) is 0 Å². The number of ketones is 1. The van der Waals surface area contributed by atoms with Crippen LogP contribution in [-0.4, -0.2) is 57.7 Å². The molecule has 96 valence electrons. The van der Waals surface area contributed by atoms with Crippen molar-refractivity contribution in [3.05, 3.63) is 0 Å². The van der Waals surface area contributed by atoms with Crippen molar-refractivity contribution in [2.75, 3.05) is 13.2 Å². The predicted octanol–water partition coefficient (Wildman–Crippen LogP) is -4.52. The van der Waals surface area contributed by atoms with E-state index in [9.17, 15) is 19.1 Å². The van der Waals surface area contributed by atoms with E-state index in [0.29, 0.717) is 0 Å². The second kappa shape index (κ2) is 6.38. The van der Waals surface area contributed by atoms with Crippen LogP contribution in [-0.2, 0) is 13.9 Å². The van der Waals surface area contributed by atoms with E-state index >= 15 is 0 Å². The Morgan fingerprint density at radius 2 is 1.81 bits per heavy atom. The molecule has 0 spiro atoms. The molecule has 0 aliphatic carbocycles. The van der Waals surface area contributed by atoms with Crippen LogP contribution in [0.3, 0.4) is 0 Å². The summed E-state index contributed by atoms with van der Waals surface area (Å²) < 4.78 is 13.5. The lowest BCUT2D eigenvalue weighted by atomic mass is 10.1. The Morgan fingerprint density at radius 3 is 2.19 bits per heavy atom. The maximum absolute atomic E-state index is 10.9. The molecule has 10 heteroatoms.